The highest BCUT2D eigenvalue weighted by atomic mass is 19.4. The molecule has 0 aliphatic rings. The smallest absolute Gasteiger partial charge is 0.330 e. The first-order valence-electron chi connectivity index (χ1n) is 4.36. The molecule has 1 aromatic carbocycles. The zero-order chi connectivity index (χ0) is 10.6. The zero-order valence-electron chi connectivity index (χ0n) is 7.64. The van der Waals surface area contributed by atoms with Crippen LogP contribution in [0, 0.1) is 0 Å². The fourth-order valence-electron chi connectivity index (χ4n) is 1.29. The number of hydrogen-bond acceptors (Lipinski definition) is 1. The summed E-state index contributed by atoms with van der Waals surface area (Å²) in [4.78, 5) is 0. The number of alkyl halides is 3. The van der Waals surface area contributed by atoms with Crippen LogP contribution in [0.2, 0.25) is 0 Å². The van der Waals surface area contributed by atoms with Crippen LogP contribution in [0.5, 0.6) is 0 Å². The van der Waals surface area contributed by atoms with Gasteiger partial charge in [-0.05, 0) is 24.1 Å². The van der Waals surface area contributed by atoms with Crippen LogP contribution in [0.15, 0.2) is 24.3 Å². The van der Waals surface area contributed by atoms with Gasteiger partial charge in [-0.2, -0.15) is 13.2 Å². The third kappa shape index (κ3) is 3.79. The van der Waals surface area contributed by atoms with Crippen molar-refractivity contribution in [3.05, 3.63) is 35.4 Å². The van der Waals surface area contributed by atoms with E-state index in [2.05, 4.69) is 0 Å². The van der Waals surface area contributed by atoms with Gasteiger partial charge in [0.25, 0.3) is 0 Å². The Morgan fingerprint density at radius 3 is 2.36 bits per heavy atom. The summed E-state index contributed by atoms with van der Waals surface area (Å²) in [7, 11) is 0. The Balaban J connectivity index is 2.73. The molecule has 0 radical (unpaired) electrons. The lowest BCUT2D eigenvalue weighted by molar-refractivity contribution is -0.127. The molecular formula is C10H12F3N. The minimum atomic E-state index is -4.14. The van der Waals surface area contributed by atoms with Crippen LogP contribution in [-0.4, -0.2) is 12.7 Å². The van der Waals surface area contributed by atoms with Crippen LogP contribution in [0.4, 0.5) is 13.2 Å². The Kier molecular flexibility index (Phi) is 3.52. The molecule has 14 heavy (non-hydrogen) atoms. The Labute approximate surface area is 80.7 Å². The van der Waals surface area contributed by atoms with Crippen molar-refractivity contribution in [2.45, 2.75) is 19.0 Å². The normalized spacial score (nSPS) is 11.7. The summed E-state index contributed by atoms with van der Waals surface area (Å²) in [6.07, 6.45) is -4.39. The van der Waals surface area contributed by atoms with Crippen molar-refractivity contribution in [1.82, 2.24) is 0 Å². The Hall–Kier alpha value is -1.03. The van der Waals surface area contributed by atoms with Crippen molar-refractivity contribution in [3.8, 4) is 0 Å². The van der Waals surface area contributed by atoms with Crippen LogP contribution < -0.4 is 5.73 Å². The molecule has 4 heteroatoms. The quantitative estimate of drug-likeness (QED) is 0.801. The van der Waals surface area contributed by atoms with E-state index in [1.807, 2.05) is 0 Å². The highest BCUT2D eigenvalue weighted by Gasteiger charge is 2.27. The second-order valence-electron chi connectivity index (χ2n) is 3.15. The second-order valence-corrected chi connectivity index (χ2v) is 3.15. The fourth-order valence-corrected chi connectivity index (χ4v) is 1.29. The summed E-state index contributed by atoms with van der Waals surface area (Å²) in [5, 5.41) is 0. The van der Waals surface area contributed by atoms with Crippen LogP contribution in [0.25, 0.3) is 0 Å². The highest BCUT2D eigenvalue weighted by Crippen LogP contribution is 2.21. The third-order valence-corrected chi connectivity index (χ3v) is 1.83. The topological polar surface area (TPSA) is 26.0 Å². The molecule has 0 amide bonds. The number of benzene rings is 1. The Morgan fingerprint density at radius 2 is 1.79 bits per heavy atom. The van der Waals surface area contributed by atoms with E-state index in [1.165, 1.54) is 6.07 Å². The molecule has 1 aromatic rings. The van der Waals surface area contributed by atoms with Crippen molar-refractivity contribution in [2.24, 2.45) is 5.73 Å². The monoisotopic (exact) mass is 203 g/mol. The third-order valence-electron chi connectivity index (χ3n) is 1.83. The maximum absolute atomic E-state index is 12.0. The van der Waals surface area contributed by atoms with E-state index in [-0.39, 0.29) is 0 Å². The molecule has 0 unspecified atom stereocenters. The van der Waals surface area contributed by atoms with E-state index >= 15 is 0 Å². The van der Waals surface area contributed by atoms with Crippen molar-refractivity contribution in [2.75, 3.05) is 6.54 Å². The lowest BCUT2D eigenvalue weighted by Crippen LogP contribution is -2.12. The van der Waals surface area contributed by atoms with E-state index in [1.54, 1.807) is 18.2 Å². The first-order valence-corrected chi connectivity index (χ1v) is 4.36. The summed E-state index contributed by atoms with van der Waals surface area (Å²) in [5.41, 5.74) is 6.47. The number of hydrogen-bond donors (Lipinski definition) is 1. The van der Waals surface area contributed by atoms with Crippen molar-refractivity contribution < 1.29 is 13.2 Å². The lowest BCUT2D eigenvalue weighted by Gasteiger charge is -2.07. The van der Waals surface area contributed by atoms with Crippen molar-refractivity contribution in [1.29, 1.82) is 0 Å². The largest absolute Gasteiger partial charge is 0.393 e. The molecule has 0 fully saturated rings. The van der Waals surface area contributed by atoms with Crippen molar-refractivity contribution >= 4 is 0 Å². The summed E-state index contributed by atoms with van der Waals surface area (Å²) in [6.45, 7) is 0.454. The van der Waals surface area contributed by atoms with Gasteiger partial charge >= 0.3 is 6.18 Å². The van der Waals surface area contributed by atoms with Gasteiger partial charge in [0.2, 0.25) is 0 Å². The van der Waals surface area contributed by atoms with E-state index in [0.29, 0.717) is 18.5 Å². The molecule has 0 spiro atoms. The molecule has 0 aromatic heterocycles. The van der Waals surface area contributed by atoms with Gasteiger partial charge in [-0.1, -0.05) is 24.3 Å². The molecule has 2 N–H and O–H groups in total. The summed E-state index contributed by atoms with van der Waals surface area (Å²) >= 11 is 0. The minimum Gasteiger partial charge on any atom is -0.330 e. The maximum Gasteiger partial charge on any atom is 0.393 e. The maximum atomic E-state index is 12.0. The van der Waals surface area contributed by atoms with Crippen LogP contribution in [0.3, 0.4) is 0 Å². The highest BCUT2D eigenvalue weighted by molar-refractivity contribution is 5.24. The van der Waals surface area contributed by atoms with Gasteiger partial charge in [-0.25, -0.2) is 0 Å². The molecule has 0 saturated heterocycles. The fraction of sp³-hybridized carbons (Fsp3) is 0.400. The predicted molar refractivity (Wildman–Crippen MR) is 49.0 cm³/mol. The molecular weight excluding hydrogens is 191 g/mol. The SMILES string of the molecule is NCCc1cccc(CC(F)(F)F)c1. The minimum absolute atomic E-state index is 0.295. The van der Waals surface area contributed by atoms with Gasteiger partial charge in [-0.15, -0.1) is 0 Å². The molecule has 78 valence electrons. The lowest BCUT2D eigenvalue weighted by atomic mass is 10.1. The Morgan fingerprint density at radius 1 is 1.14 bits per heavy atom. The predicted octanol–water partition coefficient (Wildman–Crippen LogP) is 2.29. The van der Waals surface area contributed by atoms with Gasteiger partial charge in [0.1, 0.15) is 0 Å². The van der Waals surface area contributed by atoms with Gasteiger partial charge in [0.05, 0.1) is 6.42 Å². The Bertz CT molecular complexity index is 294. The first kappa shape index (κ1) is 11.0. The number of halogens is 3. The number of rotatable bonds is 3. The first-order chi connectivity index (χ1) is 6.51. The van der Waals surface area contributed by atoms with E-state index in [0.717, 1.165) is 5.56 Å². The molecule has 0 heterocycles. The van der Waals surface area contributed by atoms with Gasteiger partial charge in [-0.3, -0.25) is 0 Å². The van der Waals surface area contributed by atoms with Crippen LogP contribution in [-0.2, 0) is 12.8 Å². The van der Waals surface area contributed by atoms with Gasteiger partial charge < -0.3 is 5.73 Å². The molecule has 0 bridgehead atoms. The van der Waals surface area contributed by atoms with E-state index < -0.39 is 12.6 Å². The van der Waals surface area contributed by atoms with Crippen LogP contribution in [0.1, 0.15) is 11.1 Å². The molecule has 0 aliphatic heterocycles. The standard InChI is InChI=1S/C10H12F3N/c11-10(12,13)7-9-3-1-2-8(6-9)4-5-14/h1-3,6H,4-5,7,14H2. The average molecular weight is 203 g/mol. The summed E-state index contributed by atoms with van der Waals surface area (Å²) in [6, 6.07) is 6.45. The molecule has 1 rings (SSSR count). The molecule has 0 saturated carbocycles. The second kappa shape index (κ2) is 4.46. The molecule has 0 aliphatic carbocycles. The van der Waals surface area contributed by atoms with Crippen molar-refractivity contribution in [3.63, 3.8) is 0 Å². The number of nitrogens with two attached hydrogens (primary N) is 1. The van der Waals surface area contributed by atoms with Gasteiger partial charge in [0.15, 0.2) is 0 Å². The van der Waals surface area contributed by atoms with E-state index in [9.17, 15) is 13.2 Å². The molecule has 0 atom stereocenters. The zero-order valence-corrected chi connectivity index (χ0v) is 7.64. The van der Waals surface area contributed by atoms with Gasteiger partial charge in [0, 0.05) is 0 Å². The molecule has 1 nitrogen and oxygen atoms in total. The van der Waals surface area contributed by atoms with Crippen LogP contribution >= 0.6 is 0 Å². The summed E-state index contributed by atoms with van der Waals surface area (Å²) in [5.74, 6) is 0. The van der Waals surface area contributed by atoms with E-state index in [4.69, 9.17) is 5.73 Å². The summed E-state index contributed by atoms with van der Waals surface area (Å²) < 4.78 is 36.1. The average Bonchev–Trinajstić information content (AvgIpc) is 2.02.